The minimum absolute atomic E-state index is 0.0716. The van der Waals surface area contributed by atoms with Crippen LogP contribution >= 0.6 is 23.2 Å². The van der Waals surface area contributed by atoms with Gasteiger partial charge in [-0.25, -0.2) is 4.79 Å². The van der Waals surface area contributed by atoms with E-state index in [4.69, 9.17) is 32.7 Å². The molecule has 0 spiro atoms. The molecule has 1 saturated heterocycles. The first-order valence-corrected chi connectivity index (χ1v) is 18.2. The first-order chi connectivity index (χ1) is 25.6. The number of pyridine rings is 1. The second-order valence-corrected chi connectivity index (χ2v) is 14.1. The lowest BCUT2D eigenvalue weighted by Gasteiger charge is -2.23. The van der Waals surface area contributed by atoms with Gasteiger partial charge in [-0.2, -0.15) is 0 Å². The van der Waals surface area contributed by atoms with Crippen LogP contribution in [0.4, 0.5) is 5.69 Å². The molecule has 280 valence electrons. The molecule has 0 radical (unpaired) electrons. The summed E-state index contributed by atoms with van der Waals surface area (Å²) < 4.78 is 12.3. The van der Waals surface area contributed by atoms with Crippen LogP contribution in [0.3, 0.4) is 0 Å². The van der Waals surface area contributed by atoms with E-state index >= 15 is 0 Å². The maximum Gasteiger partial charge on any atom is 0.337 e. The van der Waals surface area contributed by atoms with Gasteiger partial charge >= 0.3 is 11.9 Å². The number of aromatic nitrogens is 1. The number of aliphatic carboxylic acids is 2. The lowest BCUT2D eigenvalue weighted by atomic mass is 9.96. The van der Waals surface area contributed by atoms with Gasteiger partial charge < -0.3 is 34.8 Å². The number of likely N-dealkylation sites (tertiary alicyclic amines) is 1. The third-order valence-corrected chi connectivity index (χ3v) is 10.5. The number of halogens is 2. The third-order valence-electron chi connectivity index (χ3n) is 9.75. The van der Waals surface area contributed by atoms with Crippen LogP contribution in [0.15, 0.2) is 73.1 Å². The van der Waals surface area contributed by atoms with Gasteiger partial charge in [-0.05, 0) is 48.7 Å². The molecule has 2 aliphatic rings. The summed E-state index contributed by atoms with van der Waals surface area (Å²) in [6.45, 7) is 2.91. The molecule has 1 unspecified atom stereocenters. The van der Waals surface area contributed by atoms with Gasteiger partial charge in [-0.15, -0.1) is 0 Å². The van der Waals surface area contributed by atoms with E-state index in [1.54, 1.807) is 30.6 Å². The molecular formula is C39H42Cl2N4O8. The Balaban J connectivity index is 1.15. The standard InChI is InChI=1S/C39H42Cl2N4O8/c40-31-17-27(20-43-32(21-46)37(47)48)34(52-22-25-5-3-12-42-19-25)18-35(31)53-23-26-6-1-8-30(36(26)41)28-7-2-9-33-29(28)10-15-45(33)14-4-13-44-16-11-39(51,24-44)38(49)50/h1-3,5-9,12,17-19,32,43,46,51H,4,10-11,13-16,20-24H2,(H,47,48)(H,49,50)/t32-,39?/m0/s1. The molecule has 2 atom stereocenters. The van der Waals surface area contributed by atoms with Crippen molar-refractivity contribution in [2.24, 2.45) is 0 Å². The van der Waals surface area contributed by atoms with Crippen molar-refractivity contribution in [2.45, 2.75) is 50.7 Å². The number of aliphatic hydroxyl groups is 2. The Morgan fingerprint density at radius 1 is 0.943 bits per heavy atom. The van der Waals surface area contributed by atoms with Crippen LogP contribution in [0.1, 0.15) is 35.1 Å². The molecular weight excluding hydrogens is 723 g/mol. The van der Waals surface area contributed by atoms with Crippen LogP contribution in [0, 0.1) is 0 Å². The molecule has 2 aliphatic heterocycles. The maximum atomic E-state index is 11.5. The van der Waals surface area contributed by atoms with Crippen LogP contribution in [0.25, 0.3) is 11.1 Å². The number of anilines is 1. The molecule has 14 heteroatoms. The summed E-state index contributed by atoms with van der Waals surface area (Å²) in [5.74, 6) is -1.56. The van der Waals surface area contributed by atoms with E-state index in [0.29, 0.717) is 40.2 Å². The number of nitrogens with one attached hydrogen (secondary N) is 1. The van der Waals surface area contributed by atoms with E-state index in [1.165, 1.54) is 5.56 Å². The van der Waals surface area contributed by atoms with Crippen molar-refractivity contribution in [1.82, 2.24) is 15.2 Å². The zero-order valence-corrected chi connectivity index (χ0v) is 30.5. The van der Waals surface area contributed by atoms with Gasteiger partial charge in [0.15, 0.2) is 5.60 Å². The molecule has 0 amide bonds. The number of aliphatic hydroxyl groups excluding tert-OH is 1. The lowest BCUT2D eigenvalue weighted by molar-refractivity contribution is -0.157. The highest BCUT2D eigenvalue weighted by molar-refractivity contribution is 6.34. The molecule has 0 bridgehead atoms. The number of carbonyl (C=O) groups is 2. The summed E-state index contributed by atoms with van der Waals surface area (Å²) in [6, 6.07) is 17.9. The van der Waals surface area contributed by atoms with E-state index < -0.39 is 30.2 Å². The number of rotatable bonds is 17. The summed E-state index contributed by atoms with van der Waals surface area (Å²) in [6.07, 6.45) is 5.29. The Morgan fingerprint density at radius 2 is 1.74 bits per heavy atom. The van der Waals surface area contributed by atoms with Gasteiger partial charge in [0, 0.05) is 85.5 Å². The summed E-state index contributed by atoms with van der Waals surface area (Å²) in [5, 5.41) is 42.1. The van der Waals surface area contributed by atoms with E-state index in [1.807, 2.05) is 35.2 Å². The Kier molecular flexibility index (Phi) is 12.4. The number of fused-ring (bicyclic) bond motifs is 1. The fourth-order valence-electron chi connectivity index (χ4n) is 6.83. The minimum atomic E-state index is -1.66. The average molecular weight is 766 g/mol. The fraction of sp³-hybridized carbons (Fsp3) is 0.359. The van der Waals surface area contributed by atoms with Crippen LogP contribution in [0.2, 0.25) is 10.0 Å². The predicted octanol–water partition coefficient (Wildman–Crippen LogP) is 5.02. The second-order valence-electron chi connectivity index (χ2n) is 13.3. The molecule has 3 aromatic carbocycles. The Morgan fingerprint density at radius 3 is 2.47 bits per heavy atom. The number of hydrogen-bond acceptors (Lipinski definition) is 10. The molecule has 3 heterocycles. The number of carboxylic acid groups (broad SMARTS) is 2. The van der Waals surface area contributed by atoms with E-state index in [2.05, 4.69) is 27.3 Å². The molecule has 6 rings (SSSR count). The third kappa shape index (κ3) is 9.03. The topological polar surface area (TPSA) is 165 Å². The zero-order chi connectivity index (χ0) is 37.5. The van der Waals surface area contributed by atoms with Crippen molar-refractivity contribution in [3.05, 3.63) is 105 Å². The van der Waals surface area contributed by atoms with Crippen LogP contribution in [-0.4, -0.2) is 93.2 Å². The number of nitrogens with zero attached hydrogens (tertiary/aromatic N) is 3. The molecule has 1 aromatic heterocycles. The Hall–Kier alpha value is -4.43. The second kappa shape index (κ2) is 17.1. The van der Waals surface area contributed by atoms with Gasteiger partial charge in [0.25, 0.3) is 0 Å². The molecule has 1 fully saturated rings. The quantitative estimate of drug-likeness (QED) is 0.0977. The number of ether oxygens (including phenoxy) is 2. The van der Waals surface area contributed by atoms with Gasteiger partial charge in [0.05, 0.1) is 16.7 Å². The van der Waals surface area contributed by atoms with Crippen LogP contribution in [-0.2, 0) is 35.8 Å². The lowest BCUT2D eigenvalue weighted by Crippen LogP contribution is -2.41. The smallest absolute Gasteiger partial charge is 0.337 e. The van der Waals surface area contributed by atoms with E-state index in [-0.39, 0.29) is 32.7 Å². The number of hydrogen-bond donors (Lipinski definition) is 5. The van der Waals surface area contributed by atoms with Gasteiger partial charge in [-0.3, -0.25) is 20.0 Å². The van der Waals surface area contributed by atoms with E-state index in [0.717, 1.165) is 53.9 Å². The van der Waals surface area contributed by atoms with Gasteiger partial charge in [0.2, 0.25) is 0 Å². The molecule has 0 aliphatic carbocycles. The van der Waals surface area contributed by atoms with Crippen LogP contribution < -0.4 is 19.7 Å². The van der Waals surface area contributed by atoms with Crippen molar-refractivity contribution in [1.29, 1.82) is 0 Å². The monoisotopic (exact) mass is 764 g/mol. The number of β-amino-alcohol motifs (C(OH)–C–C–N with tert-alkyl or cyclic N) is 1. The first-order valence-electron chi connectivity index (χ1n) is 17.4. The summed E-state index contributed by atoms with van der Waals surface area (Å²) >= 11 is 13.8. The SMILES string of the molecule is O=C(O)[C@H](CO)NCc1cc(Cl)c(OCc2cccc(-c3cccc4c3CCN4CCCN3CCC(O)(C(=O)O)C3)c2Cl)cc1OCc1cccnc1. The fourth-order valence-corrected chi connectivity index (χ4v) is 7.35. The van der Waals surface area contributed by atoms with Crippen molar-refractivity contribution in [2.75, 3.05) is 44.2 Å². The zero-order valence-electron chi connectivity index (χ0n) is 29.0. The summed E-state index contributed by atoms with van der Waals surface area (Å²) in [7, 11) is 0. The highest BCUT2D eigenvalue weighted by atomic mass is 35.5. The normalized spacial score (nSPS) is 17.5. The first kappa shape index (κ1) is 38.3. The van der Waals surface area contributed by atoms with Gasteiger partial charge in [0.1, 0.15) is 30.8 Å². The highest BCUT2D eigenvalue weighted by Gasteiger charge is 2.42. The Labute approximate surface area is 317 Å². The maximum absolute atomic E-state index is 11.5. The molecule has 4 aromatic rings. The molecule has 5 N–H and O–H groups in total. The van der Waals surface area contributed by atoms with Crippen molar-refractivity contribution in [3.8, 4) is 22.6 Å². The molecule has 0 saturated carbocycles. The largest absolute Gasteiger partial charge is 0.488 e. The minimum Gasteiger partial charge on any atom is -0.488 e. The van der Waals surface area contributed by atoms with Crippen molar-refractivity contribution < 1.29 is 39.5 Å². The van der Waals surface area contributed by atoms with Gasteiger partial charge in [-0.1, -0.05) is 59.6 Å². The number of carboxylic acids is 2. The summed E-state index contributed by atoms with van der Waals surface area (Å²) in [4.78, 5) is 31.4. The van der Waals surface area contributed by atoms with Crippen molar-refractivity contribution in [3.63, 3.8) is 0 Å². The van der Waals surface area contributed by atoms with Crippen LogP contribution in [0.5, 0.6) is 11.5 Å². The molecule has 12 nitrogen and oxygen atoms in total. The highest BCUT2D eigenvalue weighted by Crippen LogP contribution is 2.41. The average Bonchev–Trinajstić information content (AvgIpc) is 3.75. The Bertz CT molecular complexity index is 1930. The summed E-state index contributed by atoms with van der Waals surface area (Å²) in [5.41, 5.74) is 4.82. The van der Waals surface area contributed by atoms with Crippen molar-refractivity contribution >= 4 is 40.8 Å². The molecule has 53 heavy (non-hydrogen) atoms. The van der Waals surface area contributed by atoms with E-state index in [9.17, 15) is 30.0 Å². The number of benzene rings is 3. The predicted molar refractivity (Wildman–Crippen MR) is 201 cm³/mol.